The molecule has 0 spiro atoms. The summed E-state index contributed by atoms with van der Waals surface area (Å²) in [6.45, 7) is 0.364. The van der Waals surface area contributed by atoms with E-state index in [1.807, 2.05) is 6.26 Å². The lowest BCUT2D eigenvalue weighted by molar-refractivity contribution is -0.310. The van der Waals surface area contributed by atoms with Crippen LogP contribution in [0.4, 0.5) is 0 Å². The number of para-hydroxylation sites is 1. The summed E-state index contributed by atoms with van der Waals surface area (Å²) in [5.41, 5.74) is 0.276. The van der Waals surface area contributed by atoms with Crippen molar-refractivity contribution in [2.45, 2.75) is 31.3 Å². The van der Waals surface area contributed by atoms with Crippen LogP contribution >= 0.6 is 11.8 Å². The normalized spacial score (nSPS) is 18.2. The molecular weight excluding hydrogens is 354 g/mol. The van der Waals surface area contributed by atoms with Crippen molar-refractivity contribution in [1.82, 2.24) is 14.5 Å². The summed E-state index contributed by atoms with van der Waals surface area (Å²) in [5, 5.41) is 11.8. The van der Waals surface area contributed by atoms with E-state index in [0.29, 0.717) is 42.5 Å². The number of amides is 1. The minimum atomic E-state index is -1.25. The molecule has 0 bridgehead atoms. The van der Waals surface area contributed by atoms with Crippen LogP contribution in [0.15, 0.2) is 35.4 Å². The van der Waals surface area contributed by atoms with E-state index < -0.39 is 18.1 Å². The van der Waals surface area contributed by atoms with Crippen molar-refractivity contribution in [3.05, 3.63) is 40.9 Å². The Bertz CT molecular complexity index is 882. The van der Waals surface area contributed by atoms with Gasteiger partial charge in [-0.2, -0.15) is 11.8 Å². The van der Waals surface area contributed by atoms with Gasteiger partial charge in [-0.3, -0.25) is 14.2 Å². The Morgan fingerprint density at radius 3 is 2.88 bits per heavy atom. The monoisotopic (exact) mass is 374 g/mol. The second-order valence-electron chi connectivity index (χ2n) is 6.28. The van der Waals surface area contributed by atoms with E-state index in [4.69, 9.17) is 0 Å². The number of rotatable bonds is 6. The topological polar surface area (TPSA) is 95.3 Å². The molecule has 2 heterocycles. The van der Waals surface area contributed by atoms with Gasteiger partial charge in [-0.05, 0) is 43.4 Å². The minimum absolute atomic E-state index is 0.292. The Hall–Kier alpha value is -2.35. The van der Waals surface area contributed by atoms with E-state index >= 15 is 0 Å². The maximum Gasteiger partial charge on any atom is 0.261 e. The number of nitrogens with zero attached hydrogens (tertiary/aromatic N) is 3. The zero-order valence-corrected chi connectivity index (χ0v) is 15.3. The van der Waals surface area contributed by atoms with Crippen LogP contribution in [0.25, 0.3) is 10.9 Å². The smallest absolute Gasteiger partial charge is 0.261 e. The lowest BCUT2D eigenvalue weighted by atomic mass is 10.1. The molecule has 2 aromatic rings. The third kappa shape index (κ3) is 3.46. The number of carboxylic acid groups (broad SMARTS) is 1. The lowest BCUT2D eigenvalue weighted by Crippen LogP contribution is -2.50. The van der Waals surface area contributed by atoms with Gasteiger partial charge in [0.05, 0.1) is 29.2 Å². The molecule has 0 radical (unpaired) electrons. The van der Waals surface area contributed by atoms with Gasteiger partial charge < -0.3 is 14.8 Å². The van der Waals surface area contributed by atoms with Crippen molar-refractivity contribution in [3.63, 3.8) is 0 Å². The molecule has 138 valence electrons. The lowest BCUT2D eigenvalue weighted by Gasteiger charge is -2.30. The van der Waals surface area contributed by atoms with E-state index in [2.05, 4.69) is 4.98 Å². The van der Waals surface area contributed by atoms with E-state index in [1.165, 1.54) is 15.8 Å². The van der Waals surface area contributed by atoms with Crippen molar-refractivity contribution in [1.29, 1.82) is 0 Å². The van der Waals surface area contributed by atoms with Gasteiger partial charge in [0.15, 0.2) is 0 Å². The number of aliphatic carboxylic acids is 1. The Morgan fingerprint density at radius 1 is 1.38 bits per heavy atom. The third-order valence-electron chi connectivity index (χ3n) is 4.71. The van der Waals surface area contributed by atoms with Gasteiger partial charge in [0.1, 0.15) is 6.04 Å². The first-order valence-corrected chi connectivity index (χ1v) is 9.90. The maximum atomic E-state index is 13.1. The zero-order chi connectivity index (χ0) is 18.7. The Balaban J connectivity index is 2.01. The number of carbonyl (C=O) groups excluding carboxylic acids is 2. The van der Waals surface area contributed by atoms with Crippen molar-refractivity contribution >= 4 is 34.5 Å². The van der Waals surface area contributed by atoms with Gasteiger partial charge in [-0.25, -0.2) is 4.98 Å². The maximum absolute atomic E-state index is 13.1. The first-order valence-electron chi connectivity index (χ1n) is 8.50. The summed E-state index contributed by atoms with van der Waals surface area (Å²) in [6, 6.07) is 5.27. The quantitative estimate of drug-likeness (QED) is 0.728. The summed E-state index contributed by atoms with van der Waals surface area (Å²) < 4.78 is 1.34. The molecular formula is C18H20N3O4S-. The van der Waals surface area contributed by atoms with Crippen LogP contribution in [0.5, 0.6) is 0 Å². The SMILES string of the molecule is CSCC[C@@H](C(=O)N1CCC[C@@H]1C(=O)[O-])n1cnc2ccccc2c1=O. The molecule has 26 heavy (non-hydrogen) atoms. The molecule has 1 aliphatic rings. The number of hydrogen-bond acceptors (Lipinski definition) is 6. The Kier molecular flexibility index (Phi) is 5.61. The van der Waals surface area contributed by atoms with Gasteiger partial charge in [-0.15, -0.1) is 0 Å². The molecule has 1 aliphatic heterocycles. The van der Waals surface area contributed by atoms with Crippen molar-refractivity contribution < 1.29 is 14.7 Å². The highest BCUT2D eigenvalue weighted by Gasteiger charge is 2.35. The van der Waals surface area contributed by atoms with Gasteiger partial charge in [0.25, 0.3) is 5.56 Å². The highest BCUT2D eigenvalue weighted by atomic mass is 32.2. The summed E-state index contributed by atoms with van der Waals surface area (Å²) in [4.78, 5) is 42.9. The summed E-state index contributed by atoms with van der Waals surface area (Å²) in [5.74, 6) is -0.937. The zero-order valence-electron chi connectivity index (χ0n) is 14.5. The molecule has 1 amide bonds. The molecule has 1 aromatic heterocycles. The molecule has 2 atom stereocenters. The number of aromatic nitrogens is 2. The number of likely N-dealkylation sites (tertiary alicyclic amines) is 1. The predicted molar refractivity (Wildman–Crippen MR) is 97.8 cm³/mol. The molecule has 0 unspecified atom stereocenters. The minimum Gasteiger partial charge on any atom is -0.548 e. The number of carboxylic acids is 1. The van der Waals surface area contributed by atoms with Gasteiger partial charge in [0.2, 0.25) is 5.91 Å². The number of hydrogen-bond donors (Lipinski definition) is 0. The van der Waals surface area contributed by atoms with E-state index in [1.54, 1.807) is 36.0 Å². The van der Waals surface area contributed by atoms with Crippen LogP contribution < -0.4 is 10.7 Å². The average Bonchev–Trinajstić information content (AvgIpc) is 3.13. The molecule has 3 rings (SSSR count). The molecule has 1 saturated heterocycles. The molecule has 1 aromatic carbocycles. The fourth-order valence-electron chi connectivity index (χ4n) is 3.38. The summed E-state index contributed by atoms with van der Waals surface area (Å²) in [7, 11) is 0. The predicted octanol–water partition coefficient (Wildman–Crippen LogP) is 0.432. The van der Waals surface area contributed by atoms with E-state index in [-0.39, 0.29) is 11.5 Å². The first-order chi connectivity index (χ1) is 12.5. The molecule has 0 aliphatic carbocycles. The van der Waals surface area contributed by atoms with Crippen LogP contribution in [0.3, 0.4) is 0 Å². The van der Waals surface area contributed by atoms with Crippen LogP contribution in [0.2, 0.25) is 0 Å². The summed E-state index contributed by atoms with van der Waals surface area (Å²) in [6.07, 6.45) is 4.73. The van der Waals surface area contributed by atoms with Gasteiger partial charge in [0, 0.05) is 6.54 Å². The molecule has 8 heteroatoms. The number of thioether (sulfide) groups is 1. The van der Waals surface area contributed by atoms with E-state index in [9.17, 15) is 19.5 Å². The van der Waals surface area contributed by atoms with Crippen LogP contribution in [-0.2, 0) is 9.59 Å². The highest BCUT2D eigenvalue weighted by molar-refractivity contribution is 7.98. The summed E-state index contributed by atoms with van der Waals surface area (Å²) >= 11 is 1.57. The molecule has 1 fully saturated rings. The van der Waals surface area contributed by atoms with Gasteiger partial charge in [-0.1, -0.05) is 12.1 Å². The second-order valence-corrected chi connectivity index (χ2v) is 7.27. The largest absolute Gasteiger partial charge is 0.548 e. The average molecular weight is 374 g/mol. The van der Waals surface area contributed by atoms with E-state index in [0.717, 1.165) is 0 Å². The third-order valence-corrected chi connectivity index (χ3v) is 5.36. The van der Waals surface area contributed by atoms with Crippen LogP contribution in [0, 0.1) is 0 Å². The molecule has 0 N–H and O–H groups in total. The van der Waals surface area contributed by atoms with Crippen molar-refractivity contribution in [2.24, 2.45) is 0 Å². The fraction of sp³-hybridized carbons (Fsp3) is 0.444. The first kappa shape index (κ1) is 18.4. The molecule has 0 saturated carbocycles. The van der Waals surface area contributed by atoms with Crippen LogP contribution in [-0.4, -0.2) is 50.9 Å². The van der Waals surface area contributed by atoms with Crippen molar-refractivity contribution in [2.75, 3.05) is 18.6 Å². The highest BCUT2D eigenvalue weighted by Crippen LogP contribution is 2.24. The number of fused-ring (bicyclic) bond motifs is 1. The van der Waals surface area contributed by atoms with Gasteiger partial charge >= 0.3 is 0 Å². The standard InChI is InChI=1S/C18H21N3O4S/c1-26-10-8-14(17(23)20-9-4-7-15(20)18(24)25)21-11-19-13-6-3-2-5-12(13)16(21)22/h2-3,5-6,11,14-15H,4,7-10H2,1H3,(H,24,25)/p-1/t14-,15+/m0/s1. The Morgan fingerprint density at radius 2 is 2.15 bits per heavy atom. The van der Waals surface area contributed by atoms with Crippen molar-refractivity contribution in [3.8, 4) is 0 Å². The number of benzene rings is 1. The second kappa shape index (κ2) is 7.90. The Labute approximate surface area is 155 Å². The fourth-order valence-corrected chi connectivity index (χ4v) is 3.84. The number of carbonyl (C=O) groups is 2. The molecule has 7 nitrogen and oxygen atoms in total. The van der Waals surface area contributed by atoms with Crippen LogP contribution in [0.1, 0.15) is 25.3 Å².